The summed E-state index contributed by atoms with van der Waals surface area (Å²) >= 11 is 7.02. The van der Waals surface area contributed by atoms with Crippen LogP contribution in [0.5, 0.6) is 0 Å². The van der Waals surface area contributed by atoms with Crippen LogP contribution in [-0.4, -0.2) is 16.4 Å². The third-order valence-electron chi connectivity index (χ3n) is 4.33. The Labute approximate surface area is 142 Å². The fourth-order valence-corrected chi connectivity index (χ4v) is 4.01. The number of rotatable bonds is 14. The summed E-state index contributed by atoms with van der Waals surface area (Å²) < 4.78 is 0. The molecule has 3 heteroatoms. The summed E-state index contributed by atoms with van der Waals surface area (Å²) in [5, 5.41) is 2.18. The van der Waals surface area contributed by atoms with E-state index < -0.39 is 0 Å². The number of hydrogen-bond donors (Lipinski definition) is 0. The van der Waals surface area contributed by atoms with E-state index >= 15 is 0 Å². The lowest BCUT2D eigenvalue weighted by atomic mass is 9.93. The normalized spacial score (nSPS) is 14.2. The van der Waals surface area contributed by atoms with Crippen LogP contribution in [0.2, 0.25) is 0 Å². The van der Waals surface area contributed by atoms with E-state index in [0.717, 1.165) is 48.2 Å². The smallest absolute Gasteiger partial charge is 0.132 e. The maximum Gasteiger partial charge on any atom is 0.132 e. The molecule has 120 valence electrons. The molecule has 0 aromatic rings. The number of alkyl halides is 2. The van der Waals surface area contributed by atoms with Crippen LogP contribution in [0.3, 0.4) is 0 Å². The minimum absolute atomic E-state index is 0.479. The summed E-state index contributed by atoms with van der Waals surface area (Å²) in [6, 6.07) is 0. The molecule has 2 unspecified atom stereocenters. The highest BCUT2D eigenvalue weighted by atomic mass is 79.9. The van der Waals surface area contributed by atoms with Crippen LogP contribution in [0.4, 0.5) is 0 Å². The van der Waals surface area contributed by atoms with Crippen LogP contribution in [0, 0.1) is 11.8 Å². The molecule has 1 nitrogen and oxygen atoms in total. The molecule has 0 rings (SSSR count). The Hall–Kier alpha value is 0.630. The summed E-state index contributed by atoms with van der Waals surface area (Å²) in [6.07, 6.45) is 11.2. The molecule has 0 N–H and O–H groups in total. The molecule has 0 aromatic carbocycles. The molecule has 0 heterocycles. The molecule has 2 atom stereocenters. The molecule has 0 aliphatic carbocycles. The first-order valence-corrected chi connectivity index (χ1v) is 10.6. The van der Waals surface area contributed by atoms with Crippen LogP contribution in [0.15, 0.2) is 0 Å². The predicted molar refractivity (Wildman–Crippen MR) is 97.1 cm³/mol. The van der Waals surface area contributed by atoms with Crippen molar-refractivity contribution in [2.75, 3.05) is 10.7 Å². The van der Waals surface area contributed by atoms with Crippen molar-refractivity contribution >= 4 is 37.6 Å². The maximum absolute atomic E-state index is 11.9. The van der Waals surface area contributed by atoms with Crippen molar-refractivity contribution in [2.45, 2.75) is 78.1 Å². The average Bonchev–Trinajstić information content (AvgIpc) is 2.45. The highest BCUT2D eigenvalue weighted by Gasteiger charge is 2.09. The zero-order valence-electron chi connectivity index (χ0n) is 13.3. The maximum atomic E-state index is 11.9. The van der Waals surface area contributed by atoms with Gasteiger partial charge in [0.05, 0.1) is 0 Å². The van der Waals surface area contributed by atoms with E-state index in [1.165, 1.54) is 38.5 Å². The molecular weight excluding hydrogens is 380 g/mol. The first kappa shape index (κ1) is 20.6. The molecule has 0 spiro atoms. The van der Waals surface area contributed by atoms with Gasteiger partial charge in [0.25, 0.3) is 0 Å². The van der Waals surface area contributed by atoms with Gasteiger partial charge in [0.2, 0.25) is 0 Å². The molecule has 0 amide bonds. The summed E-state index contributed by atoms with van der Waals surface area (Å²) in [4.78, 5) is 11.9. The molecule has 0 aliphatic rings. The molecular formula is C17H32Br2O. The summed E-state index contributed by atoms with van der Waals surface area (Å²) in [5.74, 6) is 2.07. The molecule has 0 saturated heterocycles. The van der Waals surface area contributed by atoms with Crippen molar-refractivity contribution in [2.24, 2.45) is 11.8 Å². The Morgan fingerprint density at radius 2 is 1.20 bits per heavy atom. The largest absolute Gasteiger partial charge is 0.300 e. The zero-order valence-corrected chi connectivity index (χ0v) is 16.5. The van der Waals surface area contributed by atoms with Gasteiger partial charge < -0.3 is 0 Å². The van der Waals surface area contributed by atoms with Crippen molar-refractivity contribution in [1.29, 1.82) is 0 Å². The van der Waals surface area contributed by atoms with E-state index in [2.05, 4.69) is 45.7 Å². The van der Waals surface area contributed by atoms with Crippen molar-refractivity contribution in [3.63, 3.8) is 0 Å². The number of Topliss-reactive ketones (excluding diaryl/α,β-unsaturated/α-hetero) is 1. The lowest BCUT2D eigenvalue weighted by molar-refractivity contribution is -0.119. The first-order valence-electron chi connectivity index (χ1n) is 8.31. The van der Waals surface area contributed by atoms with Crippen LogP contribution < -0.4 is 0 Å². The van der Waals surface area contributed by atoms with Crippen molar-refractivity contribution in [3.8, 4) is 0 Å². The minimum Gasteiger partial charge on any atom is -0.300 e. The lowest BCUT2D eigenvalue weighted by Gasteiger charge is -2.13. The second kappa shape index (κ2) is 14.6. The van der Waals surface area contributed by atoms with Gasteiger partial charge in [-0.25, -0.2) is 0 Å². The standard InChI is InChI=1S/C17H32Br2O/c1-3-15(11-13-18)7-5-9-17(20)10-6-8-16(4-2)12-14-19/h15-16H,3-14H2,1-2H3. The molecule has 0 fully saturated rings. The van der Waals surface area contributed by atoms with Gasteiger partial charge in [-0.3, -0.25) is 4.79 Å². The van der Waals surface area contributed by atoms with Gasteiger partial charge in [-0.05, 0) is 37.5 Å². The fourth-order valence-electron chi connectivity index (χ4n) is 2.71. The third-order valence-corrected chi connectivity index (χ3v) is 5.24. The Kier molecular flexibility index (Phi) is 15.0. The quantitative estimate of drug-likeness (QED) is 0.297. The Balaban J connectivity index is 3.63. The lowest BCUT2D eigenvalue weighted by Crippen LogP contribution is -2.05. The minimum atomic E-state index is 0.479. The Morgan fingerprint density at radius 3 is 1.50 bits per heavy atom. The van der Waals surface area contributed by atoms with E-state index in [0.29, 0.717) is 5.78 Å². The highest BCUT2D eigenvalue weighted by molar-refractivity contribution is 9.09. The Morgan fingerprint density at radius 1 is 0.800 bits per heavy atom. The molecule has 0 aromatic heterocycles. The van der Waals surface area contributed by atoms with Crippen LogP contribution in [0.1, 0.15) is 78.1 Å². The van der Waals surface area contributed by atoms with E-state index in [9.17, 15) is 4.79 Å². The van der Waals surface area contributed by atoms with E-state index in [1.54, 1.807) is 0 Å². The van der Waals surface area contributed by atoms with Gasteiger partial charge in [0.15, 0.2) is 0 Å². The SMILES string of the molecule is CCC(CCBr)CCCC(=O)CCCC(CC)CCBr. The first-order chi connectivity index (χ1) is 9.67. The van der Waals surface area contributed by atoms with E-state index in [4.69, 9.17) is 0 Å². The monoisotopic (exact) mass is 410 g/mol. The number of carbonyl (C=O) groups is 1. The van der Waals surface area contributed by atoms with Gasteiger partial charge in [-0.15, -0.1) is 0 Å². The van der Waals surface area contributed by atoms with E-state index in [1.807, 2.05) is 0 Å². The van der Waals surface area contributed by atoms with Crippen LogP contribution in [-0.2, 0) is 4.79 Å². The summed E-state index contributed by atoms with van der Waals surface area (Å²) in [6.45, 7) is 4.51. The summed E-state index contributed by atoms with van der Waals surface area (Å²) in [5.41, 5.74) is 0. The summed E-state index contributed by atoms with van der Waals surface area (Å²) in [7, 11) is 0. The van der Waals surface area contributed by atoms with Crippen molar-refractivity contribution in [3.05, 3.63) is 0 Å². The van der Waals surface area contributed by atoms with Gasteiger partial charge in [-0.1, -0.05) is 71.4 Å². The predicted octanol–water partition coefficient (Wildman–Crippen LogP) is 6.52. The molecule has 0 bridgehead atoms. The number of ketones is 1. The van der Waals surface area contributed by atoms with Crippen molar-refractivity contribution < 1.29 is 4.79 Å². The zero-order chi connectivity index (χ0) is 15.2. The third kappa shape index (κ3) is 11.3. The van der Waals surface area contributed by atoms with Gasteiger partial charge in [0.1, 0.15) is 5.78 Å². The number of hydrogen-bond acceptors (Lipinski definition) is 1. The van der Waals surface area contributed by atoms with Gasteiger partial charge in [-0.2, -0.15) is 0 Å². The average molecular weight is 412 g/mol. The second-order valence-electron chi connectivity index (χ2n) is 5.83. The highest BCUT2D eigenvalue weighted by Crippen LogP contribution is 2.20. The topological polar surface area (TPSA) is 17.1 Å². The molecule has 0 aliphatic heterocycles. The number of carbonyl (C=O) groups excluding carboxylic acids is 1. The van der Waals surface area contributed by atoms with Crippen LogP contribution >= 0.6 is 31.9 Å². The van der Waals surface area contributed by atoms with Crippen molar-refractivity contribution in [1.82, 2.24) is 0 Å². The molecule has 0 radical (unpaired) electrons. The fraction of sp³-hybridized carbons (Fsp3) is 0.941. The van der Waals surface area contributed by atoms with Crippen LogP contribution in [0.25, 0.3) is 0 Å². The second-order valence-corrected chi connectivity index (χ2v) is 7.41. The molecule has 0 saturated carbocycles. The van der Waals surface area contributed by atoms with E-state index in [-0.39, 0.29) is 0 Å². The number of halogens is 2. The van der Waals surface area contributed by atoms with Gasteiger partial charge in [0, 0.05) is 23.5 Å². The molecule has 20 heavy (non-hydrogen) atoms. The van der Waals surface area contributed by atoms with Gasteiger partial charge >= 0.3 is 0 Å². The Bertz CT molecular complexity index is 209.